The average molecular weight is 360 g/mol. The highest BCUT2D eigenvalue weighted by Gasteiger charge is 2.29. The Morgan fingerprint density at radius 2 is 2.13 bits per heavy atom. The summed E-state index contributed by atoms with van der Waals surface area (Å²) in [5.74, 6) is -1.75. The Balaban J connectivity index is 1.64. The molecular formula is C13H16N2O6S2. The van der Waals surface area contributed by atoms with Crippen molar-refractivity contribution in [3.05, 3.63) is 22.4 Å². The molecule has 0 spiro atoms. The lowest BCUT2D eigenvalue weighted by molar-refractivity contribution is -0.147. The summed E-state index contributed by atoms with van der Waals surface area (Å²) in [6, 6.07) is 2.89. The van der Waals surface area contributed by atoms with Crippen LogP contribution in [0.4, 0.5) is 0 Å². The Hall–Kier alpha value is -1.94. The number of esters is 1. The van der Waals surface area contributed by atoms with Gasteiger partial charge in [0.05, 0.1) is 16.4 Å². The number of rotatable bonds is 6. The Morgan fingerprint density at radius 3 is 2.74 bits per heavy atom. The molecule has 0 bridgehead atoms. The molecule has 1 aromatic rings. The largest absolute Gasteiger partial charge is 0.454 e. The molecule has 2 amide bonds. The van der Waals surface area contributed by atoms with Crippen LogP contribution in [0.1, 0.15) is 16.1 Å². The molecule has 126 valence electrons. The molecule has 2 heterocycles. The second kappa shape index (κ2) is 7.55. The minimum absolute atomic E-state index is 0.0481. The van der Waals surface area contributed by atoms with Crippen LogP contribution in [0.2, 0.25) is 0 Å². The topological polar surface area (TPSA) is 119 Å². The molecule has 0 unspecified atom stereocenters. The van der Waals surface area contributed by atoms with Crippen LogP contribution < -0.4 is 10.6 Å². The third-order valence-corrected chi connectivity index (χ3v) is 5.74. The molecule has 1 saturated heterocycles. The van der Waals surface area contributed by atoms with E-state index in [-0.39, 0.29) is 18.1 Å². The molecule has 0 radical (unpaired) electrons. The molecule has 1 aromatic heterocycles. The highest BCUT2D eigenvalue weighted by atomic mass is 32.2. The monoisotopic (exact) mass is 360 g/mol. The van der Waals surface area contributed by atoms with Crippen molar-refractivity contribution in [2.75, 3.05) is 24.7 Å². The Morgan fingerprint density at radius 1 is 1.35 bits per heavy atom. The van der Waals surface area contributed by atoms with Gasteiger partial charge in [0.1, 0.15) is 6.54 Å². The van der Waals surface area contributed by atoms with Gasteiger partial charge in [-0.2, -0.15) is 0 Å². The van der Waals surface area contributed by atoms with Gasteiger partial charge in [0.25, 0.3) is 11.8 Å². The van der Waals surface area contributed by atoms with Crippen LogP contribution in [0.3, 0.4) is 0 Å². The molecule has 1 atom stereocenters. The van der Waals surface area contributed by atoms with E-state index in [0.717, 1.165) is 0 Å². The van der Waals surface area contributed by atoms with E-state index in [1.165, 1.54) is 11.3 Å². The van der Waals surface area contributed by atoms with Crippen LogP contribution in [0.25, 0.3) is 0 Å². The summed E-state index contributed by atoms with van der Waals surface area (Å²) in [5.41, 5.74) is 0. The van der Waals surface area contributed by atoms with Gasteiger partial charge in [0.2, 0.25) is 0 Å². The van der Waals surface area contributed by atoms with Crippen molar-refractivity contribution >= 4 is 39.0 Å². The third-order valence-electron chi connectivity index (χ3n) is 3.10. The molecule has 2 rings (SSSR count). The zero-order valence-electron chi connectivity index (χ0n) is 12.1. The minimum atomic E-state index is -3.08. The summed E-state index contributed by atoms with van der Waals surface area (Å²) >= 11 is 1.24. The van der Waals surface area contributed by atoms with Crippen LogP contribution >= 0.6 is 11.3 Å². The predicted octanol–water partition coefficient (Wildman–Crippen LogP) is -0.676. The molecule has 8 nitrogen and oxygen atoms in total. The van der Waals surface area contributed by atoms with Gasteiger partial charge in [-0.15, -0.1) is 11.3 Å². The third kappa shape index (κ3) is 5.64. The van der Waals surface area contributed by atoms with E-state index in [2.05, 4.69) is 10.6 Å². The van der Waals surface area contributed by atoms with Crippen LogP contribution in [-0.4, -0.2) is 56.9 Å². The first kappa shape index (κ1) is 17.4. The first-order valence-electron chi connectivity index (χ1n) is 6.83. The number of sulfone groups is 1. The molecule has 0 aromatic carbocycles. The van der Waals surface area contributed by atoms with Gasteiger partial charge in [-0.25, -0.2) is 8.42 Å². The van der Waals surface area contributed by atoms with E-state index in [1.807, 2.05) is 0 Å². The highest BCUT2D eigenvalue weighted by Crippen LogP contribution is 2.11. The number of hydrogen-bond donors (Lipinski definition) is 2. The SMILES string of the molecule is O=C(COC(=O)CNC(=O)c1cccs1)N[C@@H]1CCS(=O)(=O)C1. The standard InChI is InChI=1S/C13H16N2O6S2/c16-11(15-9-3-5-23(19,20)8-9)7-21-12(17)6-14-13(18)10-2-1-4-22-10/h1-2,4,9H,3,5-8H2,(H,14,18)(H,15,16)/t9-/m1/s1. The molecule has 0 aliphatic carbocycles. The van der Waals surface area contributed by atoms with Crippen molar-refractivity contribution in [1.82, 2.24) is 10.6 Å². The smallest absolute Gasteiger partial charge is 0.325 e. The zero-order chi connectivity index (χ0) is 16.9. The summed E-state index contributed by atoms with van der Waals surface area (Å²) in [6.45, 7) is -0.855. The van der Waals surface area contributed by atoms with Crippen molar-refractivity contribution in [2.24, 2.45) is 0 Å². The number of carbonyl (C=O) groups excluding carboxylic acids is 3. The summed E-state index contributed by atoms with van der Waals surface area (Å²) in [5, 5.41) is 6.61. The van der Waals surface area contributed by atoms with Crippen molar-refractivity contribution in [1.29, 1.82) is 0 Å². The lowest BCUT2D eigenvalue weighted by Crippen LogP contribution is -2.39. The van der Waals surface area contributed by atoms with Gasteiger partial charge in [-0.3, -0.25) is 14.4 Å². The number of amides is 2. The van der Waals surface area contributed by atoms with Gasteiger partial charge in [0.15, 0.2) is 16.4 Å². The van der Waals surface area contributed by atoms with Crippen molar-refractivity contribution < 1.29 is 27.5 Å². The molecule has 23 heavy (non-hydrogen) atoms. The van der Waals surface area contributed by atoms with Crippen LogP contribution in [0, 0.1) is 0 Å². The van der Waals surface area contributed by atoms with E-state index < -0.39 is 40.3 Å². The Bertz CT molecular complexity index is 683. The minimum Gasteiger partial charge on any atom is -0.454 e. The fourth-order valence-electron chi connectivity index (χ4n) is 2.02. The van der Waals surface area contributed by atoms with Crippen LogP contribution in [0.5, 0.6) is 0 Å². The molecular weight excluding hydrogens is 344 g/mol. The number of nitrogens with one attached hydrogen (secondary N) is 2. The first-order valence-corrected chi connectivity index (χ1v) is 9.53. The number of carbonyl (C=O) groups is 3. The van der Waals surface area contributed by atoms with Crippen molar-refractivity contribution in [2.45, 2.75) is 12.5 Å². The Labute approximate surface area is 137 Å². The van der Waals surface area contributed by atoms with E-state index in [9.17, 15) is 22.8 Å². The number of ether oxygens (including phenoxy) is 1. The summed E-state index contributed by atoms with van der Waals surface area (Å²) in [7, 11) is -3.08. The lowest BCUT2D eigenvalue weighted by atomic mass is 10.2. The molecule has 10 heteroatoms. The maximum absolute atomic E-state index is 11.6. The van der Waals surface area contributed by atoms with Gasteiger partial charge in [-0.05, 0) is 17.9 Å². The van der Waals surface area contributed by atoms with E-state index in [0.29, 0.717) is 11.3 Å². The van der Waals surface area contributed by atoms with E-state index in [1.54, 1.807) is 17.5 Å². The zero-order valence-corrected chi connectivity index (χ0v) is 13.7. The normalized spacial score (nSPS) is 19.0. The van der Waals surface area contributed by atoms with Gasteiger partial charge in [0, 0.05) is 6.04 Å². The Kier molecular flexibility index (Phi) is 5.72. The summed E-state index contributed by atoms with van der Waals surface area (Å²) < 4.78 is 27.2. The quantitative estimate of drug-likeness (QED) is 0.649. The predicted molar refractivity (Wildman–Crippen MR) is 82.8 cm³/mol. The lowest BCUT2D eigenvalue weighted by Gasteiger charge is -2.11. The number of hydrogen-bond acceptors (Lipinski definition) is 7. The molecule has 1 fully saturated rings. The van der Waals surface area contributed by atoms with Gasteiger partial charge >= 0.3 is 5.97 Å². The molecule has 1 aliphatic heterocycles. The fourth-order valence-corrected chi connectivity index (χ4v) is 4.34. The first-order chi connectivity index (χ1) is 10.9. The average Bonchev–Trinajstić information content (AvgIpc) is 3.12. The van der Waals surface area contributed by atoms with Crippen molar-refractivity contribution in [3.8, 4) is 0 Å². The maximum atomic E-state index is 11.6. The van der Waals surface area contributed by atoms with Crippen molar-refractivity contribution in [3.63, 3.8) is 0 Å². The van der Waals surface area contributed by atoms with Gasteiger partial charge < -0.3 is 15.4 Å². The fraction of sp³-hybridized carbons (Fsp3) is 0.462. The van der Waals surface area contributed by atoms with Crippen LogP contribution in [0.15, 0.2) is 17.5 Å². The summed E-state index contributed by atoms with van der Waals surface area (Å²) in [6.07, 6.45) is 0.360. The molecule has 0 saturated carbocycles. The van der Waals surface area contributed by atoms with E-state index in [4.69, 9.17) is 4.74 Å². The summed E-state index contributed by atoms with van der Waals surface area (Å²) in [4.78, 5) is 35.1. The highest BCUT2D eigenvalue weighted by molar-refractivity contribution is 7.91. The number of thiophene rings is 1. The molecule has 1 aliphatic rings. The van der Waals surface area contributed by atoms with Gasteiger partial charge in [-0.1, -0.05) is 6.07 Å². The second-order valence-electron chi connectivity index (χ2n) is 4.99. The maximum Gasteiger partial charge on any atom is 0.325 e. The van der Waals surface area contributed by atoms with E-state index >= 15 is 0 Å². The second-order valence-corrected chi connectivity index (χ2v) is 8.16. The van der Waals surface area contributed by atoms with Crippen LogP contribution in [-0.2, 0) is 24.2 Å². The molecule has 2 N–H and O–H groups in total.